The van der Waals surface area contributed by atoms with E-state index < -0.39 is 9.84 Å². The van der Waals surface area contributed by atoms with Crippen molar-refractivity contribution in [3.8, 4) is 0 Å². The Balaban J connectivity index is 2.12. The van der Waals surface area contributed by atoms with Gasteiger partial charge in [-0.3, -0.25) is 0 Å². The van der Waals surface area contributed by atoms with Crippen LogP contribution in [-0.2, 0) is 9.84 Å². The molecule has 0 amide bonds. The summed E-state index contributed by atoms with van der Waals surface area (Å²) in [6.45, 7) is 6.03. The van der Waals surface area contributed by atoms with E-state index in [2.05, 4.69) is 19.1 Å². The molecule has 0 heterocycles. The highest BCUT2D eigenvalue weighted by atomic mass is 32.2. The lowest BCUT2D eigenvalue weighted by molar-refractivity contribution is 0.597. The molecular formula is C23H20O2S. The van der Waals surface area contributed by atoms with E-state index in [0.29, 0.717) is 9.79 Å². The molecule has 0 radical (unpaired) electrons. The van der Waals surface area contributed by atoms with Gasteiger partial charge in [0, 0.05) is 5.39 Å². The van der Waals surface area contributed by atoms with Crippen LogP contribution in [0.4, 0.5) is 0 Å². The van der Waals surface area contributed by atoms with Crippen LogP contribution in [0, 0.1) is 20.8 Å². The molecule has 4 aromatic rings. The summed E-state index contributed by atoms with van der Waals surface area (Å²) in [5.41, 5.74) is 3.32. The van der Waals surface area contributed by atoms with Crippen LogP contribution in [0.3, 0.4) is 0 Å². The molecule has 0 bridgehead atoms. The lowest BCUT2D eigenvalue weighted by atomic mass is 9.99. The highest BCUT2D eigenvalue weighted by Gasteiger charge is 2.21. The predicted molar refractivity (Wildman–Crippen MR) is 108 cm³/mol. The van der Waals surface area contributed by atoms with Crippen LogP contribution in [-0.4, -0.2) is 8.42 Å². The third-order valence-corrected chi connectivity index (χ3v) is 6.66. The van der Waals surface area contributed by atoms with E-state index in [0.717, 1.165) is 38.2 Å². The first-order valence-corrected chi connectivity index (χ1v) is 10.1. The summed E-state index contributed by atoms with van der Waals surface area (Å²) >= 11 is 0. The largest absolute Gasteiger partial charge is 0.218 e. The normalized spacial score (nSPS) is 12.0. The number of sulfone groups is 1. The average molecular weight is 360 g/mol. The molecule has 0 aliphatic rings. The second-order valence-electron chi connectivity index (χ2n) is 6.96. The van der Waals surface area contributed by atoms with Crippen LogP contribution in [0.5, 0.6) is 0 Å². The Morgan fingerprint density at radius 2 is 1.15 bits per heavy atom. The minimum absolute atomic E-state index is 0.330. The van der Waals surface area contributed by atoms with E-state index in [1.54, 1.807) is 12.1 Å². The molecule has 130 valence electrons. The zero-order valence-electron chi connectivity index (χ0n) is 15.1. The first-order valence-electron chi connectivity index (χ1n) is 8.62. The Morgan fingerprint density at radius 1 is 0.577 bits per heavy atom. The number of hydrogen-bond donors (Lipinski definition) is 0. The first-order chi connectivity index (χ1) is 12.4. The van der Waals surface area contributed by atoms with Gasteiger partial charge < -0.3 is 0 Å². The van der Waals surface area contributed by atoms with Gasteiger partial charge in [-0.15, -0.1) is 0 Å². The Morgan fingerprint density at radius 3 is 1.85 bits per heavy atom. The van der Waals surface area contributed by atoms with E-state index in [9.17, 15) is 8.42 Å². The SMILES string of the molecule is Cc1ccc(S(=O)(=O)c2cc3ccc(C)cc3c3cc(C)ccc23)cc1. The summed E-state index contributed by atoms with van der Waals surface area (Å²) in [6, 6.07) is 21.0. The van der Waals surface area contributed by atoms with Crippen molar-refractivity contribution in [1.82, 2.24) is 0 Å². The fourth-order valence-electron chi connectivity index (χ4n) is 3.41. The molecule has 0 unspecified atom stereocenters. The van der Waals surface area contributed by atoms with Crippen LogP contribution in [0.1, 0.15) is 16.7 Å². The number of hydrogen-bond acceptors (Lipinski definition) is 2. The minimum atomic E-state index is -3.60. The molecule has 26 heavy (non-hydrogen) atoms. The maximum atomic E-state index is 13.4. The van der Waals surface area contributed by atoms with Crippen LogP contribution < -0.4 is 0 Å². The number of fused-ring (bicyclic) bond motifs is 3. The summed E-state index contributed by atoms with van der Waals surface area (Å²) in [4.78, 5) is 0.698. The van der Waals surface area contributed by atoms with Crippen molar-refractivity contribution in [3.63, 3.8) is 0 Å². The van der Waals surface area contributed by atoms with Crippen LogP contribution in [0.15, 0.2) is 76.5 Å². The highest BCUT2D eigenvalue weighted by molar-refractivity contribution is 7.91. The maximum Gasteiger partial charge on any atom is 0.207 e. The van der Waals surface area contributed by atoms with E-state index in [1.807, 2.05) is 56.3 Å². The highest BCUT2D eigenvalue weighted by Crippen LogP contribution is 2.35. The summed E-state index contributed by atoms with van der Waals surface area (Å²) in [5, 5.41) is 3.79. The quantitative estimate of drug-likeness (QED) is 0.426. The molecule has 0 N–H and O–H groups in total. The Kier molecular flexibility index (Phi) is 3.85. The predicted octanol–water partition coefficient (Wildman–Crippen LogP) is 5.75. The zero-order chi connectivity index (χ0) is 18.5. The van der Waals surface area contributed by atoms with Crippen LogP contribution in [0.25, 0.3) is 21.5 Å². The monoisotopic (exact) mass is 360 g/mol. The Labute approximate surface area is 154 Å². The van der Waals surface area contributed by atoms with Gasteiger partial charge in [0.25, 0.3) is 0 Å². The van der Waals surface area contributed by atoms with Crippen molar-refractivity contribution in [3.05, 3.63) is 83.4 Å². The van der Waals surface area contributed by atoms with Gasteiger partial charge in [0.15, 0.2) is 0 Å². The Bertz CT molecular complexity index is 1250. The van der Waals surface area contributed by atoms with Gasteiger partial charge in [0.2, 0.25) is 9.84 Å². The molecule has 0 aliphatic heterocycles. The van der Waals surface area contributed by atoms with Gasteiger partial charge >= 0.3 is 0 Å². The molecule has 0 saturated heterocycles. The van der Waals surface area contributed by atoms with Crippen LogP contribution in [0.2, 0.25) is 0 Å². The van der Waals surface area contributed by atoms with Crippen molar-refractivity contribution >= 4 is 31.4 Å². The third-order valence-electron chi connectivity index (χ3n) is 4.85. The van der Waals surface area contributed by atoms with Gasteiger partial charge in [-0.1, -0.05) is 65.2 Å². The smallest absolute Gasteiger partial charge is 0.207 e. The molecule has 0 fully saturated rings. The third kappa shape index (κ3) is 2.69. The maximum absolute atomic E-state index is 13.4. The molecule has 4 aromatic carbocycles. The lowest BCUT2D eigenvalue weighted by Crippen LogP contribution is -2.03. The molecule has 0 spiro atoms. The molecule has 0 aromatic heterocycles. The second kappa shape index (κ2) is 5.96. The molecule has 4 rings (SSSR count). The van der Waals surface area contributed by atoms with E-state index in [1.165, 1.54) is 0 Å². The standard InChI is InChI=1S/C23H20O2S/c1-15-5-9-19(10-6-15)26(24,25)23-14-18-8-4-16(2)12-21(18)22-13-17(3)7-11-20(22)23/h4-14H,1-3H3. The van der Waals surface area contributed by atoms with Crippen molar-refractivity contribution in [2.45, 2.75) is 30.6 Å². The summed E-state index contributed by atoms with van der Waals surface area (Å²) in [5.74, 6) is 0. The van der Waals surface area contributed by atoms with Crippen molar-refractivity contribution in [2.75, 3.05) is 0 Å². The van der Waals surface area contributed by atoms with E-state index >= 15 is 0 Å². The summed E-state index contributed by atoms with van der Waals surface area (Å²) < 4.78 is 26.7. The molecule has 0 aliphatic carbocycles. The summed E-state index contributed by atoms with van der Waals surface area (Å²) in [6.07, 6.45) is 0. The lowest BCUT2D eigenvalue weighted by Gasteiger charge is -2.13. The van der Waals surface area contributed by atoms with Crippen molar-refractivity contribution < 1.29 is 8.42 Å². The fraction of sp³-hybridized carbons (Fsp3) is 0.130. The summed E-state index contributed by atoms with van der Waals surface area (Å²) in [7, 11) is -3.60. The van der Waals surface area contributed by atoms with Crippen molar-refractivity contribution in [2.24, 2.45) is 0 Å². The van der Waals surface area contributed by atoms with Gasteiger partial charge in [-0.25, -0.2) is 8.42 Å². The fourth-order valence-corrected chi connectivity index (χ4v) is 4.91. The number of aryl methyl sites for hydroxylation is 3. The molecular weight excluding hydrogens is 340 g/mol. The Hall–Kier alpha value is -2.65. The zero-order valence-corrected chi connectivity index (χ0v) is 15.9. The molecule has 2 nitrogen and oxygen atoms in total. The number of benzene rings is 4. The number of rotatable bonds is 2. The van der Waals surface area contributed by atoms with E-state index in [-0.39, 0.29) is 0 Å². The minimum Gasteiger partial charge on any atom is -0.218 e. The van der Waals surface area contributed by atoms with Crippen molar-refractivity contribution in [1.29, 1.82) is 0 Å². The topological polar surface area (TPSA) is 34.1 Å². The second-order valence-corrected chi connectivity index (χ2v) is 8.88. The molecule has 3 heteroatoms. The van der Waals surface area contributed by atoms with Gasteiger partial charge in [0.1, 0.15) is 0 Å². The van der Waals surface area contributed by atoms with Crippen LogP contribution >= 0.6 is 0 Å². The molecule has 0 saturated carbocycles. The first kappa shape index (κ1) is 16.8. The van der Waals surface area contributed by atoms with Gasteiger partial charge in [0.05, 0.1) is 9.79 Å². The average Bonchev–Trinajstić information content (AvgIpc) is 2.61. The molecule has 0 atom stereocenters. The van der Waals surface area contributed by atoms with E-state index in [4.69, 9.17) is 0 Å². The van der Waals surface area contributed by atoms with Gasteiger partial charge in [-0.05, 0) is 55.1 Å². The van der Waals surface area contributed by atoms with Gasteiger partial charge in [-0.2, -0.15) is 0 Å².